The fraction of sp³-hybridized carbons (Fsp3) is 0.294. The van der Waals surface area contributed by atoms with Crippen LogP contribution < -0.4 is 21.6 Å². The van der Waals surface area contributed by atoms with E-state index >= 15 is 0 Å². The Labute approximate surface area is 140 Å². The highest BCUT2D eigenvalue weighted by Gasteiger charge is 2.15. The zero-order valence-electron chi connectivity index (χ0n) is 13.6. The number of amides is 1. The van der Waals surface area contributed by atoms with Crippen molar-refractivity contribution in [1.82, 2.24) is 9.58 Å². The van der Waals surface area contributed by atoms with Gasteiger partial charge in [0.05, 0.1) is 0 Å². The van der Waals surface area contributed by atoms with E-state index in [9.17, 15) is 9.59 Å². The molecule has 7 heteroatoms. The number of nitrogens with zero attached hydrogens (tertiary/aromatic N) is 3. The maximum absolute atomic E-state index is 12.2. The zero-order chi connectivity index (χ0) is 17.1. The van der Waals surface area contributed by atoms with Crippen molar-refractivity contribution in [3.05, 3.63) is 58.5 Å². The van der Waals surface area contributed by atoms with Crippen LogP contribution in [0.3, 0.4) is 0 Å². The van der Waals surface area contributed by atoms with Crippen molar-refractivity contribution in [2.45, 2.75) is 0 Å². The van der Waals surface area contributed by atoms with E-state index in [2.05, 4.69) is 22.2 Å². The first kappa shape index (κ1) is 16.1. The summed E-state index contributed by atoms with van der Waals surface area (Å²) in [6.07, 6.45) is 1.41. The number of carbonyl (C=O) groups is 1. The molecule has 0 bridgehead atoms. The summed E-state index contributed by atoms with van der Waals surface area (Å²) >= 11 is 0. The van der Waals surface area contributed by atoms with Crippen LogP contribution in [0.4, 0.5) is 11.4 Å². The van der Waals surface area contributed by atoms with E-state index in [4.69, 9.17) is 5.84 Å². The number of carbonyl (C=O) groups excluding carboxylic acids is 1. The molecule has 1 fully saturated rings. The van der Waals surface area contributed by atoms with Crippen molar-refractivity contribution in [2.75, 3.05) is 49.3 Å². The van der Waals surface area contributed by atoms with Crippen LogP contribution in [0.15, 0.2) is 47.4 Å². The summed E-state index contributed by atoms with van der Waals surface area (Å²) in [7, 11) is 2.12. The van der Waals surface area contributed by atoms with Crippen LogP contribution in [-0.2, 0) is 0 Å². The number of anilines is 2. The van der Waals surface area contributed by atoms with Gasteiger partial charge in [-0.3, -0.25) is 9.59 Å². The minimum absolute atomic E-state index is 0.0168. The molecular weight excluding hydrogens is 306 g/mol. The molecular formula is C17H21N5O2. The average molecular weight is 327 g/mol. The Hall–Kier alpha value is -2.80. The van der Waals surface area contributed by atoms with E-state index in [0.29, 0.717) is 5.69 Å². The van der Waals surface area contributed by atoms with Gasteiger partial charge < -0.3 is 21.0 Å². The number of nitrogen functional groups attached to an aromatic ring is 1. The zero-order valence-corrected chi connectivity index (χ0v) is 13.6. The van der Waals surface area contributed by atoms with Crippen LogP contribution in [0, 0.1) is 0 Å². The van der Waals surface area contributed by atoms with Crippen molar-refractivity contribution < 1.29 is 4.79 Å². The van der Waals surface area contributed by atoms with Gasteiger partial charge >= 0.3 is 0 Å². The summed E-state index contributed by atoms with van der Waals surface area (Å²) in [5.41, 5.74) is 1.27. The Kier molecular flexibility index (Phi) is 4.52. The monoisotopic (exact) mass is 327 g/mol. The number of benzene rings is 1. The lowest BCUT2D eigenvalue weighted by atomic mass is 10.2. The molecule has 0 saturated carbocycles. The second kappa shape index (κ2) is 6.76. The first-order valence-electron chi connectivity index (χ1n) is 7.86. The molecule has 7 nitrogen and oxygen atoms in total. The van der Waals surface area contributed by atoms with E-state index in [1.807, 2.05) is 24.3 Å². The number of hydrogen-bond acceptors (Lipinski definition) is 5. The van der Waals surface area contributed by atoms with Crippen molar-refractivity contribution in [3.8, 4) is 0 Å². The molecule has 0 aliphatic carbocycles. The molecule has 3 rings (SSSR count). The van der Waals surface area contributed by atoms with Crippen LogP contribution in [0.2, 0.25) is 0 Å². The van der Waals surface area contributed by atoms with Crippen molar-refractivity contribution in [3.63, 3.8) is 0 Å². The normalized spacial score (nSPS) is 15.3. The quantitative estimate of drug-likeness (QED) is 0.805. The SMILES string of the molecule is CN1CCN(c2ccc(NC(=O)c3cccn(N)c3=O)cc2)CC1. The second-order valence-corrected chi connectivity index (χ2v) is 5.93. The Bertz CT molecular complexity index is 776. The maximum atomic E-state index is 12.2. The summed E-state index contributed by atoms with van der Waals surface area (Å²) in [5.74, 6) is 5.01. The topological polar surface area (TPSA) is 83.6 Å². The van der Waals surface area contributed by atoms with Crippen LogP contribution in [0.1, 0.15) is 10.4 Å². The highest BCUT2D eigenvalue weighted by Crippen LogP contribution is 2.19. The van der Waals surface area contributed by atoms with E-state index in [0.717, 1.165) is 36.5 Å². The molecule has 126 valence electrons. The summed E-state index contributed by atoms with van der Waals surface area (Å²) in [5, 5.41) is 2.73. The second-order valence-electron chi connectivity index (χ2n) is 5.93. The average Bonchev–Trinajstić information content (AvgIpc) is 2.59. The predicted octanol–water partition coefficient (Wildman–Crippen LogP) is 0.566. The fourth-order valence-electron chi connectivity index (χ4n) is 2.70. The molecule has 0 atom stereocenters. The van der Waals surface area contributed by atoms with Crippen LogP contribution in [-0.4, -0.2) is 48.7 Å². The van der Waals surface area contributed by atoms with Gasteiger partial charge in [-0.15, -0.1) is 0 Å². The van der Waals surface area contributed by atoms with Gasteiger partial charge in [0.1, 0.15) is 5.56 Å². The Morgan fingerprint density at radius 2 is 1.75 bits per heavy atom. The number of nitrogens with two attached hydrogens (primary N) is 1. The predicted molar refractivity (Wildman–Crippen MR) is 95.0 cm³/mol. The first-order chi connectivity index (χ1) is 11.5. The number of rotatable bonds is 3. The van der Waals surface area contributed by atoms with E-state index in [1.54, 1.807) is 6.07 Å². The molecule has 1 amide bonds. The number of likely N-dealkylation sites (N-methyl/N-ethyl adjacent to an activating group) is 1. The third-order valence-electron chi connectivity index (χ3n) is 4.21. The molecule has 1 aromatic carbocycles. The lowest BCUT2D eigenvalue weighted by Gasteiger charge is -2.34. The lowest BCUT2D eigenvalue weighted by Crippen LogP contribution is -2.44. The molecule has 1 aliphatic heterocycles. The largest absolute Gasteiger partial charge is 0.369 e. The minimum atomic E-state index is -0.524. The smallest absolute Gasteiger partial charge is 0.281 e. The Morgan fingerprint density at radius 1 is 1.08 bits per heavy atom. The standard InChI is InChI=1S/C17H21N5O2/c1-20-9-11-21(12-10-20)14-6-4-13(5-7-14)19-16(23)15-3-2-8-22(18)17(15)24/h2-8H,9-12,18H2,1H3,(H,19,23). The van der Waals surface area contributed by atoms with Crippen molar-refractivity contribution in [1.29, 1.82) is 0 Å². The number of hydrogen-bond donors (Lipinski definition) is 2. The molecule has 0 unspecified atom stereocenters. The van der Waals surface area contributed by atoms with Gasteiger partial charge in [-0.05, 0) is 43.4 Å². The molecule has 1 saturated heterocycles. The van der Waals surface area contributed by atoms with E-state index in [1.165, 1.54) is 12.3 Å². The molecule has 1 aliphatic rings. The fourth-order valence-corrected chi connectivity index (χ4v) is 2.70. The third-order valence-corrected chi connectivity index (χ3v) is 4.21. The summed E-state index contributed by atoms with van der Waals surface area (Å²) in [6.45, 7) is 4.06. The molecule has 0 spiro atoms. The Morgan fingerprint density at radius 3 is 2.42 bits per heavy atom. The van der Waals surface area contributed by atoms with Gasteiger partial charge in [-0.2, -0.15) is 0 Å². The third kappa shape index (κ3) is 3.41. The van der Waals surface area contributed by atoms with Crippen molar-refractivity contribution >= 4 is 17.3 Å². The summed E-state index contributed by atoms with van der Waals surface area (Å²) in [6, 6.07) is 10.7. The van der Waals surface area contributed by atoms with Gasteiger partial charge in [0.15, 0.2) is 0 Å². The van der Waals surface area contributed by atoms with E-state index < -0.39 is 11.5 Å². The van der Waals surface area contributed by atoms with Crippen molar-refractivity contribution in [2.24, 2.45) is 0 Å². The molecule has 24 heavy (non-hydrogen) atoms. The summed E-state index contributed by atoms with van der Waals surface area (Å²) < 4.78 is 0.894. The molecule has 0 radical (unpaired) electrons. The lowest BCUT2D eigenvalue weighted by molar-refractivity contribution is 0.102. The molecule has 2 aromatic rings. The van der Waals surface area contributed by atoms with Gasteiger partial charge in [0, 0.05) is 43.8 Å². The number of pyridine rings is 1. The number of aromatic nitrogens is 1. The van der Waals surface area contributed by atoms with Gasteiger partial charge in [0.2, 0.25) is 0 Å². The van der Waals surface area contributed by atoms with Crippen LogP contribution in [0.25, 0.3) is 0 Å². The number of piperazine rings is 1. The highest BCUT2D eigenvalue weighted by atomic mass is 16.2. The van der Waals surface area contributed by atoms with Gasteiger partial charge in [-0.25, -0.2) is 4.68 Å². The maximum Gasteiger partial charge on any atom is 0.281 e. The van der Waals surface area contributed by atoms with Crippen LogP contribution in [0.5, 0.6) is 0 Å². The Balaban J connectivity index is 1.69. The van der Waals surface area contributed by atoms with E-state index in [-0.39, 0.29) is 5.56 Å². The van der Waals surface area contributed by atoms with Gasteiger partial charge in [0.25, 0.3) is 11.5 Å². The summed E-state index contributed by atoms with van der Waals surface area (Å²) in [4.78, 5) is 28.7. The molecule has 3 N–H and O–H groups in total. The van der Waals surface area contributed by atoms with Gasteiger partial charge in [-0.1, -0.05) is 0 Å². The highest BCUT2D eigenvalue weighted by molar-refractivity contribution is 6.04. The minimum Gasteiger partial charge on any atom is -0.369 e. The first-order valence-corrected chi connectivity index (χ1v) is 7.86. The molecule has 1 aromatic heterocycles. The molecule has 2 heterocycles. The number of nitrogens with one attached hydrogen (secondary N) is 1. The van der Waals surface area contributed by atoms with Crippen LogP contribution >= 0.6 is 0 Å².